The van der Waals surface area contributed by atoms with Crippen molar-refractivity contribution in [1.29, 1.82) is 5.26 Å². The standard InChI is InChI=1S/C23H19N3O4/c1-3-29-23(28)21-16-11-19(27)15(12-24)10-17(16)26(2)18(21)13-30-20-8-4-6-14-7-5-9-25-22(14)20/h4-11,27H,3,13H2,1-2H3. The van der Waals surface area contributed by atoms with Crippen LogP contribution in [0.1, 0.15) is 28.5 Å². The van der Waals surface area contributed by atoms with Crippen molar-refractivity contribution >= 4 is 27.8 Å². The van der Waals surface area contributed by atoms with Crippen molar-refractivity contribution in [1.82, 2.24) is 9.55 Å². The maximum Gasteiger partial charge on any atom is 0.340 e. The van der Waals surface area contributed by atoms with Crippen LogP contribution in [0.25, 0.3) is 21.8 Å². The molecule has 1 N–H and O–H groups in total. The molecular weight excluding hydrogens is 382 g/mol. The third kappa shape index (κ3) is 3.18. The SMILES string of the molecule is CCOC(=O)c1c(COc2cccc3cccnc23)n(C)c2cc(C#N)c(O)cc12. The molecule has 7 nitrogen and oxygen atoms in total. The van der Waals surface area contributed by atoms with Crippen LogP contribution in [-0.4, -0.2) is 27.2 Å². The van der Waals surface area contributed by atoms with Gasteiger partial charge in [0, 0.05) is 24.0 Å². The number of para-hydroxylation sites is 1. The fourth-order valence-corrected chi connectivity index (χ4v) is 3.55. The molecule has 7 heteroatoms. The maximum atomic E-state index is 12.7. The normalized spacial score (nSPS) is 10.8. The number of hydrogen-bond donors (Lipinski definition) is 1. The Balaban J connectivity index is 1.83. The van der Waals surface area contributed by atoms with Gasteiger partial charge in [0.15, 0.2) is 0 Å². The summed E-state index contributed by atoms with van der Waals surface area (Å²) < 4.78 is 13.1. The second kappa shape index (κ2) is 7.76. The first kappa shape index (κ1) is 19.3. The van der Waals surface area contributed by atoms with Crippen LogP contribution in [0.5, 0.6) is 11.5 Å². The molecule has 0 spiro atoms. The summed E-state index contributed by atoms with van der Waals surface area (Å²) in [5.41, 5.74) is 2.36. The van der Waals surface area contributed by atoms with Gasteiger partial charge in [-0.15, -0.1) is 0 Å². The molecule has 4 aromatic rings. The number of carbonyl (C=O) groups is 1. The van der Waals surface area contributed by atoms with Gasteiger partial charge in [-0.25, -0.2) is 4.79 Å². The molecule has 0 saturated heterocycles. The van der Waals surface area contributed by atoms with Crippen molar-refractivity contribution in [2.24, 2.45) is 7.05 Å². The molecule has 2 heterocycles. The Hall–Kier alpha value is -4.05. The number of nitriles is 1. The zero-order chi connectivity index (χ0) is 21.3. The van der Waals surface area contributed by atoms with Crippen molar-refractivity contribution < 1.29 is 19.4 Å². The van der Waals surface area contributed by atoms with E-state index in [4.69, 9.17) is 9.47 Å². The zero-order valence-electron chi connectivity index (χ0n) is 16.5. The second-order valence-corrected chi connectivity index (χ2v) is 6.72. The van der Waals surface area contributed by atoms with Gasteiger partial charge >= 0.3 is 5.97 Å². The number of aryl methyl sites for hydroxylation is 1. The first-order valence-electron chi connectivity index (χ1n) is 9.43. The smallest absolute Gasteiger partial charge is 0.340 e. The van der Waals surface area contributed by atoms with Crippen molar-refractivity contribution in [3.63, 3.8) is 0 Å². The number of benzene rings is 2. The molecule has 0 fully saturated rings. The van der Waals surface area contributed by atoms with Crippen molar-refractivity contribution in [2.75, 3.05) is 6.61 Å². The van der Waals surface area contributed by atoms with Gasteiger partial charge in [0.05, 0.1) is 28.9 Å². The van der Waals surface area contributed by atoms with Gasteiger partial charge in [0.2, 0.25) is 0 Å². The molecule has 0 bridgehead atoms. The molecule has 0 aliphatic heterocycles. The minimum absolute atomic E-state index is 0.0810. The number of aromatic nitrogens is 2. The lowest BCUT2D eigenvalue weighted by molar-refractivity contribution is 0.0525. The van der Waals surface area contributed by atoms with Crippen molar-refractivity contribution in [2.45, 2.75) is 13.5 Å². The predicted octanol–water partition coefficient (Wildman–Crippen LogP) is 4.06. The van der Waals surface area contributed by atoms with E-state index in [-0.39, 0.29) is 24.5 Å². The highest BCUT2D eigenvalue weighted by Gasteiger charge is 2.24. The predicted molar refractivity (Wildman–Crippen MR) is 111 cm³/mol. The van der Waals surface area contributed by atoms with Gasteiger partial charge < -0.3 is 19.1 Å². The average Bonchev–Trinajstić information content (AvgIpc) is 3.02. The highest BCUT2D eigenvalue weighted by Crippen LogP contribution is 2.33. The van der Waals surface area contributed by atoms with Crippen LogP contribution in [0, 0.1) is 11.3 Å². The number of phenolic OH excluding ortho intramolecular Hbond substituents is 1. The minimum Gasteiger partial charge on any atom is -0.507 e. The highest BCUT2D eigenvalue weighted by atomic mass is 16.5. The van der Waals surface area contributed by atoms with Gasteiger partial charge in [0.25, 0.3) is 0 Å². The molecule has 0 unspecified atom stereocenters. The molecule has 4 rings (SSSR count). The Morgan fingerprint density at radius 2 is 2.07 bits per heavy atom. The quantitative estimate of drug-likeness (QED) is 0.507. The van der Waals surface area contributed by atoms with Crippen molar-refractivity contribution in [3.8, 4) is 17.6 Å². The first-order chi connectivity index (χ1) is 14.5. The lowest BCUT2D eigenvalue weighted by Crippen LogP contribution is -2.11. The fourth-order valence-electron chi connectivity index (χ4n) is 3.55. The number of nitrogens with zero attached hydrogens (tertiary/aromatic N) is 3. The van der Waals surface area contributed by atoms with Crippen LogP contribution >= 0.6 is 0 Å². The Morgan fingerprint density at radius 1 is 1.27 bits per heavy atom. The number of esters is 1. The van der Waals surface area contributed by atoms with E-state index in [2.05, 4.69) is 4.98 Å². The fraction of sp³-hybridized carbons (Fsp3) is 0.174. The number of ether oxygens (including phenoxy) is 2. The second-order valence-electron chi connectivity index (χ2n) is 6.72. The van der Waals surface area contributed by atoms with E-state index in [1.165, 1.54) is 6.07 Å². The van der Waals surface area contributed by atoms with Gasteiger partial charge in [-0.1, -0.05) is 18.2 Å². The van der Waals surface area contributed by atoms with Crippen LogP contribution in [0.3, 0.4) is 0 Å². The number of fused-ring (bicyclic) bond motifs is 2. The topological polar surface area (TPSA) is 97.4 Å². The van der Waals surface area contributed by atoms with E-state index < -0.39 is 5.97 Å². The molecule has 2 aromatic heterocycles. The third-order valence-electron chi connectivity index (χ3n) is 5.00. The Morgan fingerprint density at radius 3 is 2.83 bits per heavy atom. The minimum atomic E-state index is -0.512. The van der Waals surface area contributed by atoms with Crippen LogP contribution < -0.4 is 4.74 Å². The van der Waals surface area contributed by atoms with Crippen molar-refractivity contribution in [3.05, 3.63) is 65.5 Å². The van der Waals surface area contributed by atoms with Gasteiger partial charge in [0.1, 0.15) is 29.7 Å². The third-order valence-corrected chi connectivity index (χ3v) is 5.00. The molecule has 0 amide bonds. The van der Waals surface area contributed by atoms with Crippen LogP contribution in [-0.2, 0) is 18.4 Å². The van der Waals surface area contributed by atoms with Gasteiger partial charge in [-0.3, -0.25) is 4.98 Å². The number of aromatic hydroxyl groups is 1. The molecule has 2 aromatic carbocycles. The molecule has 30 heavy (non-hydrogen) atoms. The molecule has 150 valence electrons. The van der Waals surface area contributed by atoms with E-state index in [0.29, 0.717) is 27.9 Å². The van der Waals surface area contributed by atoms with Gasteiger partial charge in [-0.05, 0) is 31.2 Å². The average molecular weight is 401 g/mol. The number of pyridine rings is 1. The molecule has 0 atom stereocenters. The lowest BCUT2D eigenvalue weighted by atomic mass is 10.1. The largest absolute Gasteiger partial charge is 0.507 e. The van der Waals surface area contributed by atoms with E-state index in [1.54, 1.807) is 30.8 Å². The number of rotatable bonds is 5. The summed E-state index contributed by atoms with van der Waals surface area (Å²) in [4.78, 5) is 17.1. The molecule has 0 saturated carbocycles. The van der Waals surface area contributed by atoms with Crippen LogP contribution in [0.2, 0.25) is 0 Å². The maximum absolute atomic E-state index is 12.7. The van der Waals surface area contributed by atoms with E-state index in [1.807, 2.05) is 36.4 Å². The van der Waals surface area contributed by atoms with Crippen LogP contribution in [0.15, 0.2) is 48.7 Å². The van der Waals surface area contributed by atoms with E-state index in [0.717, 1.165) is 10.9 Å². The summed E-state index contributed by atoms with van der Waals surface area (Å²) in [6.07, 6.45) is 1.70. The van der Waals surface area contributed by atoms with Gasteiger partial charge in [-0.2, -0.15) is 5.26 Å². The molecule has 0 aliphatic rings. The summed E-state index contributed by atoms with van der Waals surface area (Å²) in [6, 6.07) is 14.4. The Kier molecular flexibility index (Phi) is 4.98. The Bertz CT molecular complexity index is 1310. The number of carbonyl (C=O) groups excluding carboxylic acids is 1. The first-order valence-corrected chi connectivity index (χ1v) is 9.43. The van der Waals surface area contributed by atoms with E-state index >= 15 is 0 Å². The summed E-state index contributed by atoms with van der Waals surface area (Å²) in [7, 11) is 1.78. The van der Waals surface area contributed by atoms with Crippen LogP contribution in [0.4, 0.5) is 0 Å². The lowest BCUT2D eigenvalue weighted by Gasteiger charge is -2.11. The van der Waals surface area contributed by atoms with E-state index in [9.17, 15) is 15.2 Å². The highest BCUT2D eigenvalue weighted by molar-refractivity contribution is 6.06. The summed E-state index contributed by atoms with van der Waals surface area (Å²) in [5, 5.41) is 20.8. The Labute approximate surface area is 172 Å². The number of hydrogen-bond acceptors (Lipinski definition) is 6. The molecule has 0 radical (unpaired) electrons. The molecule has 0 aliphatic carbocycles. The summed E-state index contributed by atoms with van der Waals surface area (Å²) in [5.74, 6) is -0.109. The molecular formula is C23H19N3O4. The monoisotopic (exact) mass is 401 g/mol. The summed E-state index contributed by atoms with van der Waals surface area (Å²) >= 11 is 0. The summed E-state index contributed by atoms with van der Waals surface area (Å²) in [6.45, 7) is 2.02. The number of phenols is 1. The zero-order valence-corrected chi connectivity index (χ0v) is 16.5.